The standard InChI is InChI=1S/C13H31N3O/c1-13(2)12-16(9-8-15(3)4)7-5-10-17-11-6-14/h13H,5-12,14H2,1-4H3. The van der Waals surface area contributed by atoms with E-state index in [0.717, 1.165) is 38.6 Å². The third-order valence-electron chi connectivity index (χ3n) is 2.51. The first kappa shape index (κ1) is 16.8. The zero-order valence-corrected chi connectivity index (χ0v) is 12.1. The zero-order valence-electron chi connectivity index (χ0n) is 12.1. The first-order valence-corrected chi connectivity index (χ1v) is 6.71. The third kappa shape index (κ3) is 12.1. The van der Waals surface area contributed by atoms with Crippen molar-refractivity contribution in [1.82, 2.24) is 9.80 Å². The summed E-state index contributed by atoms with van der Waals surface area (Å²) < 4.78 is 5.40. The van der Waals surface area contributed by atoms with E-state index >= 15 is 0 Å². The average Bonchev–Trinajstić information content (AvgIpc) is 2.24. The molecule has 0 atom stereocenters. The fourth-order valence-electron chi connectivity index (χ4n) is 1.73. The first-order chi connectivity index (χ1) is 8.06. The monoisotopic (exact) mass is 245 g/mol. The molecular formula is C13H31N3O. The summed E-state index contributed by atoms with van der Waals surface area (Å²) in [6.45, 7) is 11.2. The van der Waals surface area contributed by atoms with E-state index < -0.39 is 0 Å². The molecule has 0 saturated heterocycles. The van der Waals surface area contributed by atoms with E-state index in [2.05, 4.69) is 37.7 Å². The Morgan fingerprint density at radius 3 is 2.29 bits per heavy atom. The number of nitrogens with two attached hydrogens (primary N) is 1. The average molecular weight is 245 g/mol. The van der Waals surface area contributed by atoms with Crippen LogP contribution in [0.3, 0.4) is 0 Å². The van der Waals surface area contributed by atoms with Crippen molar-refractivity contribution >= 4 is 0 Å². The molecule has 0 saturated carbocycles. The van der Waals surface area contributed by atoms with Crippen LogP contribution in [-0.4, -0.2) is 69.8 Å². The first-order valence-electron chi connectivity index (χ1n) is 6.71. The lowest BCUT2D eigenvalue weighted by atomic mass is 10.2. The minimum absolute atomic E-state index is 0.621. The molecule has 4 nitrogen and oxygen atoms in total. The SMILES string of the molecule is CC(C)CN(CCCOCCN)CCN(C)C. The number of rotatable bonds is 11. The third-order valence-corrected chi connectivity index (χ3v) is 2.51. The second-order valence-corrected chi connectivity index (χ2v) is 5.25. The molecule has 0 radical (unpaired) electrons. The van der Waals surface area contributed by atoms with Crippen molar-refractivity contribution in [1.29, 1.82) is 0 Å². The lowest BCUT2D eigenvalue weighted by molar-refractivity contribution is 0.122. The number of ether oxygens (including phenoxy) is 1. The maximum absolute atomic E-state index is 5.40. The number of hydrogen-bond donors (Lipinski definition) is 1. The van der Waals surface area contributed by atoms with Crippen LogP contribution in [0.1, 0.15) is 20.3 Å². The van der Waals surface area contributed by atoms with Gasteiger partial charge >= 0.3 is 0 Å². The van der Waals surface area contributed by atoms with Gasteiger partial charge in [0.05, 0.1) is 6.61 Å². The van der Waals surface area contributed by atoms with Crippen LogP contribution in [-0.2, 0) is 4.74 Å². The Morgan fingerprint density at radius 2 is 1.76 bits per heavy atom. The molecule has 0 aromatic carbocycles. The largest absolute Gasteiger partial charge is 0.380 e. The van der Waals surface area contributed by atoms with Crippen LogP contribution in [0.2, 0.25) is 0 Å². The fraction of sp³-hybridized carbons (Fsp3) is 1.00. The predicted octanol–water partition coefficient (Wildman–Crippen LogP) is 0.871. The van der Waals surface area contributed by atoms with Gasteiger partial charge in [0.2, 0.25) is 0 Å². The Hall–Kier alpha value is -0.160. The van der Waals surface area contributed by atoms with Crippen molar-refractivity contribution < 1.29 is 4.74 Å². The zero-order chi connectivity index (χ0) is 13.1. The molecule has 0 aromatic rings. The molecule has 4 heteroatoms. The van der Waals surface area contributed by atoms with E-state index in [1.54, 1.807) is 0 Å². The van der Waals surface area contributed by atoms with Gasteiger partial charge in [-0.3, -0.25) is 0 Å². The van der Waals surface area contributed by atoms with Gasteiger partial charge in [0, 0.05) is 39.3 Å². The van der Waals surface area contributed by atoms with Crippen molar-refractivity contribution in [3.63, 3.8) is 0 Å². The molecule has 0 bridgehead atoms. The van der Waals surface area contributed by atoms with Crippen molar-refractivity contribution in [2.45, 2.75) is 20.3 Å². The molecule has 2 N–H and O–H groups in total. The van der Waals surface area contributed by atoms with E-state index in [4.69, 9.17) is 10.5 Å². The van der Waals surface area contributed by atoms with Gasteiger partial charge in [-0.1, -0.05) is 13.8 Å². The van der Waals surface area contributed by atoms with Crippen LogP contribution in [0, 0.1) is 5.92 Å². The topological polar surface area (TPSA) is 41.7 Å². The van der Waals surface area contributed by atoms with Crippen LogP contribution < -0.4 is 5.73 Å². The van der Waals surface area contributed by atoms with Gasteiger partial charge in [-0.25, -0.2) is 0 Å². The molecule has 0 amide bonds. The Kier molecular flexibility index (Phi) is 10.9. The van der Waals surface area contributed by atoms with E-state index in [9.17, 15) is 0 Å². The van der Waals surface area contributed by atoms with E-state index in [0.29, 0.717) is 13.2 Å². The molecular weight excluding hydrogens is 214 g/mol. The molecule has 0 spiro atoms. The Morgan fingerprint density at radius 1 is 1.06 bits per heavy atom. The van der Waals surface area contributed by atoms with Gasteiger partial charge in [0.25, 0.3) is 0 Å². The highest BCUT2D eigenvalue weighted by molar-refractivity contribution is 4.62. The highest BCUT2D eigenvalue weighted by Gasteiger charge is 2.07. The molecule has 104 valence electrons. The Labute approximate surface area is 107 Å². The molecule has 0 aromatic heterocycles. The Balaban J connectivity index is 3.69. The summed E-state index contributed by atoms with van der Waals surface area (Å²) >= 11 is 0. The summed E-state index contributed by atoms with van der Waals surface area (Å²) in [5.41, 5.74) is 5.38. The van der Waals surface area contributed by atoms with Gasteiger partial charge in [-0.15, -0.1) is 0 Å². The van der Waals surface area contributed by atoms with Crippen molar-refractivity contribution in [2.75, 3.05) is 60.0 Å². The molecule has 17 heavy (non-hydrogen) atoms. The molecule has 0 aliphatic heterocycles. The lowest BCUT2D eigenvalue weighted by Crippen LogP contribution is -2.35. The van der Waals surface area contributed by atoms with Crippen LogP contribution in [0.15, 0.2) is 0 Å². The summed E-state index contributed by atoms with van der Waals surface area (Å²) in [7, 11) is 4.25. The maximum Gasteiger partial charge on any atom is 0.0588 e. The maximum atomic E-state index is 5.40. The van der Waals surface area contributed by atoms with Gasteiger partial charge in [-0.2, -0.15) is 0 Å². The smallest absolute Gasteiger partial charge is 0.0588 e. The molecule has 0 rings (SSSR count). The van der Waals surface area contributed by atoms with Crippen LogP contribution in [0.25, 0.3) is 0 Å². The summed E-state index contributed by atoms with van der Waals surface area (Å²) in [5, 5.41) is 0. The van der Waals surface area contributed by atoms with Gasteiger partial charge < -0.3 is 20.3 Å². The minimum Gasteiger partial charge on any atom is -0.380 e. The van der Waals surface area contributed by atoms with E-state index in [-0.39, 0.29) is 0 Å². The van der Waals surface area contributed by atoms with Crippen LogP contribution >= 0.6 is 0 Å². The molecule has 0 aliphatic rings. The molecule has 0 unspecified atom stereocenters. The van der Waals surface area contributed by atoms with Crippen molar-refractivity contribution in [2.24, 2.45) is 11.7 Å². The second kappa shape index (κ2) is 11.0. The fourth-order valence-corrected chi connectivity index (χ4v) is 1.73. The quantitative estimate of drug-likeness (QED) is 0.549. The highest BCUT2D eigenvalue weighted by Crippen LogP contribution is 2.00. The van der Waals surface area contributed by atoms with Gasteiger partial charge in [0.15, 0.2) is 0 Å². The summed E-state index contributed by atoms with van der Waals surface area (Å²) in [6, 6.07) is 0. The van der Waals surface area contributed by atoms with Crippen molar-refractivity contribution in [3.05, 3.63) is 0 Å². The number of likely N-dealkylation sites (N-methyl/N-ethyl adjacent to an activating group) is 1. The van der Waals surface area contributed by atoms with Crippen molar-refractivity contribution in [3.8, 4) is 0 Å². The second-order valence-electron chi connectivity index (χ2n) is 5.25. The molecule has 0 aliphatic carbocycles. The summed E-state index contributed by atoms with van der Waals surface area (Å²) in [4.78, 5) is 4.76. The molecule has 0 fully saturated rings. The Bertz CT molecular complexity index is 163. The summed E-state index contributed by atoms with van der Waals surface area (Å²) in [6.07, 6.45) is 1.10. The van der Waals surface area contributed by atoms with Gasteiger partial charge in [0.1, 0.15) is 0 Å². The van der Waals surface area contributed by atoms with Crippen LogP contribution in [0.5, 0.6) is 0 Å². The van der Waals surface area contributed by atoms with E-state index in [1.807, 2.05) is 0 Å². The van der Waals surface area contributed by atoms with Gasteiger partial charge in [-0.05, 0) is 26.4 Å². The highest BCUT2D eigenvalue weighted by atomic mass is 16.5. The van der Waals surface area contributed by atoms with Crippen LogP contribution in [0.4, 0.5) is 0 Å². The molecule has 0 heterocycles. The normalized spacial score (nSPS) is 12.0. The predicted molar refractivity (Wildman–Crippen MR) is 74.3 cm³/mol. The van der Waals surface area contributed by atoms with E-state index in [1.165, 1.54) is 6.54 Å². The minimum atomic E-state index is 0.621. The number of nitrogens with zero attached hydrogens (tertiary/aromatic N) is 2. The number of hydrogen-bond acceptors (Lipinski definition) is 4. The lowest BCUT2D eigenvalue weighted by Gasteiger charge is -2.25. The summed E-state index contributed by atoms with van der Waals surface area (Å²) in [5.74, 6) is 0.724.